The third-order valence-electron chi connectivity index (χ3n) is 3.10. The lowest BCUT2D eigenvalue weighted by Gasteiger charge is -2.04. The van der Waals surface area contributed by atoms with E-state index in [2.05, 4.69) is 19.9 Å². The first kappa shape index (κ1) is 15.3. The minimum atomic E-state index is -3.62. The number of sulfonamides is 1. The molecule has 2 aromatic heterocycles. The van der Waals surface area contributed by atoms with Crippen LogP contribution in [0.3, 0.4) is 0 Å². The topological polar surface area (TPSA) is 98.0 Å². The third kappa shape index (κ3) is 3.61. The Morgan fingerprint density at radius 1 is 1.09 bits per heavy atom. The van der Waals surface area contributed by atoms with Crippen LogP contribution < -0.4 is 4.72 Å². The summed E-state index contributed by atoms with van der Waals surface area (Å²) in [5.74, 6) is 0.413. The second-order valence-corrected chi connectivity index (χ2v) is 6.62. The van der Waals surface area contributed by atoms with Crippen molar-refractivity contribution < 1.29 is 12.8 Å². The first-order chi connectivity index (χ1) is 11.0. The summed E-state index contributed by atoms with van der Waals surface area (Å²) in [5.41, 5.74) is 1.52. The maximum absolute atomic E-state index is 12.2. The van der Waals surface area contributed by atoms with Gasteiger partial charge < -0.3 is 4.42 Å². The maximum Gasteiger partial charge on any atom is 0.266 e. The van der Waals surface area contributed by atoms with Gasteiger partial charge in [-0.3, -0.25) is 4.98 Å². The van der Waals surface area contributed by atoms with Crippen molar-refractivity contribution in [3.8, 4) is 11.6 Å². The van der Waals surface area contributed by atoms with Gasteiger partial charge in [0.05, 0.1) is 11.4 Å². The molecule has 0 radical (unpaired) electrons. The summed E-state index contributed by atoms with van der Waals surface area (Å²) in [5, 5.41) is 7.68. The molecule has 118 valence electrons. The third-order valence-corrected chi connectivity index (χ3v) is 4.51. The van der Waals surface area contributed by atoms with Gasteiger partial charge in [0.2, 0.25) is 15.9 Å². The number of benzene rings is 1. The van der Waals surface area contributed by atoms with Crippen LogP contribution in [0.1, 0.15) is 11.5 Å². The van der Waals surface area contributed by atoms with Gasteiger partial charge in [0.15, 0.2) is 0 Å². The molecule has 7 nitrogen and oxygen atoms in total. The van der Waals surface area contributed by atoms with Crippen LogP contribution >= 0.6 is 0 Å². The first-order valence-electron chi connectivity index (χ1n) is 6.85. The molecule has 3 rings (SSSR count). The summed E-state index contributed by atoms with van der Waals surface area (Å²) >= 11 is 0. The maximum atomic E-state index is 12.2. The minimum Gasteiger partial charge on any atom is -0.418 e. The van der Waals surface area contributed by atoms with Gasteiger partial charge in [-0.05, 0) is 31.2 Å². The number of hydrogen-bond donors (Lipinski definition) is 1. The second-order valence-electron chi connectivity index (χ2n) is 4.85. The summed E-state index contributed by atoms with van der Waals surface area (Å²) in [6.45, 7) is 1.80. The molecule has 0 fully saturated rings. The van der Waals surface area contributed by atoms with Gasteiger partial charge in [-0.1, -0.05) is 23.8 Å². The van der Waals surface area contributed by atoms with E-state index in [1.807, 2.05) is 6.92 Å². The average Bonchev–Trinajstić information content (AvgIpc) is 3.03. The van der Waals surface area contributed by atoms with Crippen LogP contribution in [0, 0.1) is 6.92 Å². The molecule has 0 spiro atoms. The van der Waals surface area contributed by atoms with Crippen LogP contribution in [0.15, 0.2) is 58.0 Å². The Morgan fingerprint density at radius 2 is 1.87 bits per heavy atom. The smallest absolute Gasteiger partial charge is 0.266 e. The fraction of sp³-hybridized carbons (Fsp3) is 0.133. The van der Waals surface area contributed by atoms with E-state index >= 15 is 0 Å². The molecule has 23 heavy (non-hydrogen) atoms. The largest absolute Gasteiger partial charge is 0.418 e. The zero-order valence-electron chi connectivity index (χ0n) is 12.3. The van der Waals surface area contributed by atoms with Gasteiger partial charge in [0, 0.05) is 6.20 Å². The highest BCUT2D eigenvalue weighted by molar-refractivity contribution is 7.89. The molecule has 0 saturated heterocycles. The van der Waals surface area contributed by atoms with Gasteiger partial charge in [-0.2, -0.15) is 0 Å². The Bertz CT molecular complexity index is 890. The summed E-state index contributed by atoms with van der Waals surface area (Å²) < 4.78 is 32.2. The van der Waals surface area contributed by atoms with Crippen molar-refractivity contribution in [2.45, 2.75) is 18.4 Å². The Balaban J connectivity index is 1.71. The average molecular weight is 330 g/mol. The predicted molar refractivity (Wildman–Crippen MR) is 82.7 cm³/mol. The first-order valence-corrected chi connectivity index (χ1v) is 8.33. The molecule has 0 aliphatic heterocycles. The minimum absolute atomic E-state index is 0.0873. The van der Waals surface area contributed by atoms with E-state index in [4.69, 9.17) is 4.42 Å². The monoisotopic (exact) mass is 330 g/mol. The van der Waals surface area contributed by atoms with Crippen LogP contribution in [-0.4, -0.2) is 23.6 Å². The van der Waals surface area contributed by atoms with Crippen molar-refractivity contribution >= 4 is 10.0 Å². The van der Waals surface area contributed by atoms with E-state index in [1.165, 1.54) is 0 Å². The lowest BCUT2D eigenvalue weighted by Crippen LogP contribution is -2.23. The lowest BCUT2D eigenvalue weighted by molar-refractivity contribution is 0.493. The number of nitrogens with zero attached hydrogens (tertiary/aromatic N) is 3. The van der Waals surface area contributed by atoms with E-state index in [0.29, 0.717) is 5.69 Å². The molecular weight excluding hydrogens is 316 g/mol. The fourth-order valence-corrected chi connectivity index (χ4v) is 2.85. The van der Waals surface area contributed by atoms with Crippen molar-refractivity contribution in [2.24, 2.45) is 0 Å². The number of hydrogen-bond acceptors (Lipinski definition) is 6. The summed E-state index contributed by atoms with van der Waals surface area (Å²) in [7, 11) is -3.62. The zero-order chi connectivity index (χ0) is 16.3. The molecule has 1 aromatic carbocycles. The van der Waals surface area contributed by atoms with E-state index in [-0.39, 0.29) is 23.2 Å². The molecule has 0 aliphatic carbocycles. The van der Waals surface area contributed by atoms with Gasteiger partial charge >= 0.3 is 0 Å². The van der Waals surface area contributed by atoms with Gasteiger partial charge in [-0.25, -0.2) is 13.1 Å². The van der Waals surface area contributed by atoms with E-state index in [0.717, 1.165) is 5.56 Å². The molecule has 0 saturated carbocycles. The Hall–Kier alpha value is -2.58. The van der Waals surface area contributed by atoms with Crippen LogP contribution in [0.5, 0.6) is 0 Å². The highest BCUT2D eigenvalue weighted by Crippen LogP contribution is 2.15. The van der Waals surface area contributed by atoms with Crippen LogP contribution in [-0.2, 0) is 16.6 Å². The highest BCUT2D eigenvalue weighted by Gasteiger charge is 2.16. The van der Waals surface area contributed by atoms with E-state index in [1.54, 1.807) is 48.7 Å². The summed E-state index contributed by atoms with van der Waals surface area (Å²) in [6, 6.07) is 11.9. The van der Waals surface area contributed by atoms with Crippen molar-refractivity contribution in [1.29, 1.82) is 0 Å². The SMILES string of the molecule is Cc1ccc(S(=O)(=O)NCc2nnc(-c3ccccn3)o2)cc1. The summed E-state index contributed by atoms with van der Waals surface area (Å²) in [4.78, 5) is 4.28. The van der Waals surface area contributed by atoms with Gasteiger partial charge in [0.25, 0.3) is 5.89 Å². The zero-order valence-corrected chi connectivity index (χ0v) is 13.1. The van der Waals surface area contributed by atoms with Crippen molar-refractivity contribution in [2.75, 3.05) is 0 Å². The Morgan fingerprint density at radius 3 is 2.57 bits per heavy atom. The predicted octanol–water partition coefficient (Wildman–Crippen LogP) is 1.92. The van der Waals surface area contributed by atoms with E-state index in [9.17, 15) is 8.42 Å². The van der Waals surface area contributed by atoms with Gasteiger partial charge in [-0.15, -0.1) is 10.2 Å². The molecule has 0 bridgehead atoms. The number of pyridine rings is 1. The van der Waals surface area contributed by atoms with Crippen molar-refractivity contribution in [1.82, 2.24) is 19.9 Å². The molecular formula is C15H14N4O3S. The van der Waals surface area contributed by atoms with E-state index < -0.39 is 10.0 Å². The van der Waals surface area contributed by atoms with Crippen LogP contribution in [0.4, 0.5) is 0 Å². The molecule has 0 atom stereocenters. The molecule has 1 N–H and O–H groups in total. The molecule has 0 amide bonds. The fourth-order valence-electron chi connectivity index (χ4n) is 1.88. The Labute approximate surface area is 133 Å². The van der Waals surface area contributed by atoms with Crippen LogP contribution in [0.25, 0.3) is 11.6 Å². The quantitative estimate of drug-likeness (QED) is 0.767. The van der Waals surface area contributed by atoms with Gasteiger partial charge in [0.1, 0.15) is 5.69 Å². The molecule has 3 aromatic rings. The van der Waals surface area contributed by atoms with Crippen LogP contribution in [0.2, 0.25) is 0 Å². The number of aromatic nitrogens is 3. The lowest BCUT2D eigenvalue weighted by atomic mass is 10.2. The highest BCUT2D eigenvalue weighted by atomic mass is 32.2. The van der Waals surface area contributed by atoms with Crippen molar-refractivity contribution in [3.05, 3.63) is 60.1 Å². The molecule has 2 heterocycles. The molecule has 8 heteroatoms. The molecule has 0 unspecified atom stereocenters. The second kappa shape index (κ2) is 6.27. The van der Waals surface area contributed by atoms with Crippen molar-refractivity contribution in [3.63, 3.8) is 0 Å². The normalized spacial score (nSPS) is 11.5. The molecule has 0 aliphatic rings. The standard InChI is InChI=1S/C15H14N4O3S/c1-11-5-7-12(8-6-11)23(20,21)17-10-14-18-19-15(22-14)13-4-2-3-9-16-13/h2-9,17H,10H2,1H3. The number of aryl methyl sites for hydroxylation is 1. The number of rotatable bonds is 5. The number of nitrogens with one attached hydrogen (secondary N) is 1. The summed E-state index contributed by atoms with van der Waals surface area (Å²) in [6.07, 6.45) is 1.61. The Kier molecular flexibility index (Phi) is 4.18.